The number of aryl methyl sites for hydroxylation is 1. The number of carbonyl (C=O) groups excluding carboxylic acids is 3. The molecule has 1 unspecified atom stereocenters. The summed E-state index contributed by atoms with van der Waals surface area (Å²) < 4.78 is 5.22. The molecule has 0 fully saturated rings. The number of unbranched alkanes of at least 4 members (excludes halogenated alkanes) is 2. The minimum Gasteiger partial charge on any atom is -0.444 e. The van der Waals surface area contributed by atoms with E-state index in [1.807, 2.05) is 38.1 Å². The zero-order valence-electron chi connectivity index (χ0n) is 20.8. The normalized spacial score (nSPS) is 12.2. The average Bonchev–Trinajstić information content (AvgIpc) is 2.71. The van der Waals surface area contributed by atoms with Crippen LogP contribution in [0.5, 0.6) is 0 Å². The van der Waals surface area contributed by atoms with Gasteiger partial charge in [-0.15, -0.1) is 0 Å². The molecular formula is C25H41N3O4. The molecule has 0 spiro atoms. The number of amides is 3. The van der Waals surface area contributed by atoms with Crippen LogP contribution in [0.2, 0.25) is 0 Å². The van der Waals surface area contributed by atoms with Crippen molar-refractivity contribution in [2.24, 2.45) is 0 Å². The largest absolute Gasteiger partial charge is 0.444 e. The lowest BCUT2D eigenvalue weighted by atomic mass is 10.00. The SMILES string of the molecule is CCCCCNC(=O)C(c1ccc(CC)cc1)N(C(=O)CNC(=O)OC(C)(C)C)C(C)C. The molecule has 0 aliphatic carbocycles. The highest BCUT2D eigenvalue weighted by Gasteiger charge is 2.33. The maximum absolute atomic E-state index is 13.2. The molecule has 2 N–H and O–H groups in total. The molecule has 180 valence electrons. The molecule has 0 radical (unpaired) electrons. The monoisotopic (exact) mass is 447 g/mol. The fourth-order valence-electron chi connectivity index (χ4n) is 3.34. The van der Waals surface area contributed by atoms with E-state index in [0.29, 0.717) is 6.54 Å². The van der Waals surface area contributed by atoms with Crippen LogP contribution in [-0.2, 0) is 20.7 Å². The van der Waals surface area contributed by atoms with Gasteiger partial charge in [-0.05, 0) is 58.6 Å². The average molecular weight is 448 g/mol. The summed E-state index contributed by atoms with van der Waals surface area (Å²) in [6.07, 6.45) is 3.20. The summed E-state index contributed by atoms with van der Waals surface area (Å²) in [5.41, 5.74) is 1.24. The van der Waals surface area contributed by atoms with E-state index in [1.54, 1.807) is 20.8 Å². The molecule has 32 heavy (non-hydrogen) atoms. The third-order valence-corrected chi connectivity index (χ3v) is 4.94. The molecule has 7 heteroatoms. The maximum atomic E-state index is 13.2. The number of benzene rings is 1. The van der Waals surface area contributed by atoms with Gasteiger partial charge < -0.3 is 20.3 Å². The minimum atomic E-state index is -0.782. The minimum absolute atomic E-state index is 0.218. The van der Waals surface area contributed by atoms with E-state index in [4.69, 9.17) is 4.74 Å². The summed E-state index contributed by atoms with van der Waals surface area (Å²) >= 11 is 0. The van der Waals surface area contributed by atoms with Gasteiger partial charge in [-0.3, -0.25) is 9.59 Å². The van der Waals surface area contributed by atoms with Crippen LogP contribution >= 0.6 is 0 Å². The van der Waals surface area contributed by atoms with Gasteiger partial charge in [-0.25, -0.2) is 4.79 Å². The van der Waals surface area contributed by atoms with Crippen molar-refractivity contribution in [3.05, 3.63) is 35.4 Å². The van der Waals surface area contributed by atoms with Crippen LogP contribution in [0.4, 0.5) is 4.79 Å². The Morgan fingerprint density at radius 2 is 1.62 bits per heavy atom. The third-order valence-electron chi connectivity index (χ3n) is 4.94. The summed E-state index contributed by atoms with van der Waals surface area (Å²) in [6, 6.07) is 6.73. The van der Waals surface area contributed by atoms with Crippen molar-refractivity contribution in [3.63, 3.8) is 0 Å². The predicted octanol–water partition coefficient (Wildman–Crippen LogP) is 4.36. The van der Waals surface area contributed by atoms with Crippen molar-refractivity contribution in [2.75, 3.05) is 13.1 Å². The van der Waals surface area contributed by atoms with Crippen LogP contribution in [0.15, 0.2) is 24.3 Å². The number of carbonyl (C=O) groups is 3. The van der Waals surface area contributed by atoms with Crippen LogP contribution in [0.25, 0.3) is 0 Å². The van der Waals surface area contributed by atoms with Crippen molar-refractivity contribution in [3.8, 4) is 0 Å². The standard InChI is InChI=1S/C25H41N3O4/c1-8-10-11-16-26-23(30)22(20-14-12-19(9-2)13-15-20)28(18(3)4)21(29)17-27-24(31)32-25(5,6)7/h12-15,18,22H,8-11,16-17H2,1-7H3,(H,26,30)(H,27,31). The van der Waals surface area contributed by atoms with Gasteiger partial charge in [0, 0.05) is 12.6 Å². The van der Waals surface area contributed by atoms with Crippen LogP contribution in [-0.4, -0.2) is 47.5 Å². The van der Waals surface area contributed by atoms with E-state index in [-0.39, 0.29) is 24.4 Å². The summed E-state index contributed by atoms with van der Waals surface area (Å²) in [5, 5.41) is 5.50. The molecule has 0 aliphatic rings. The Bertz CT molecular complexity index is 739. The molecule has 3 amide bonds. The van der Waals surface area contributed by atoms with Crippen LogP contribution in [0.1, 0.15) is 84.9 Å². The molecule has 0 heterocycles. The van der Waals surface area contributed by atoms with Crippen molar-refractivity contribution in [1.29, 1.82) is 0 Å². The second-order valence-electron chi connectivity index (χ2n) is 9.25. The second kappa shape index (κ2) is 13.1. The predicted molar refractivity (Wildman–Crippen MR) is 127 cm³/mol. The Morgan fingerprint density at radius 3 is 2.12 bits per heavy atom. The summed E-state index contributed by atoms with van der Waals surface area (Å²) in [5.74, 6) is -0.566. The molecule has 7 nitrogen and oxygen atoms in total. The van der Waals surface area contributed by atoms with Gasteiger partial charge in [0.05, 0.1) is 0 Å². The Balaban J connectivity index is 3.09. The Kier molecular flexibility index (Phi) is 11.2. The number of rotatable bonds is 11. The number of nitrogens with one attached hydrogen (secondary N) is 2. The van der Waals surface area contributed by atoms with E-state index >= 15 is 0 Å². The van der Waals surface area contributed by atoms with E-state index in [2.05, 4.69) is 24.5 Å². The zero-order valence-corrected chi connectivity index (χ0v) is 20.8. The number of hydrogen-bond donors (Lipinski definition) is 2. The molecular weight excluding hydrogens is 406 g/mol. The molecule has 0 saturated carbocycles. The van der Waals surface area contributed by atoms with E-state index in [1.165, 1.54) is 4.90 Å². The van der Waals surface area contributed by atoms with Crippen LogP contribution in [0, 0.1) is 0 Å². The topological polar surface area (TPSA) is 87.7 Å². The number of hydrogen-bond acceptors (Lipinski definition) is 4. The first kappa shape index (κ1) is 27.5. The summed E-state index contributed by atoms with van der Waals surface area (Å²) in [6.45, 7) is 13.5. The lowest BCUT2D eigenvalue weighted by Gasteiger charge is -2.35. The van der Waals surface area contributed by atoms with Crippen molar-refractivity contribution in [2.45, 2.75) is 91.8 Å². The molecule has 1 rings (SSSR count). The fourth-order valence-corrected chi connectivity index (χ4v) is 3.34. The molecule has 0 aromatic heterocycles. The molecule has 1 aromatic carbocycles. The Morgan fingerprint density at radius 1 is 1.00 bits per heavy atom. The van der Waals surface area contributed by atoms with Gasteiger partial charge >= 0.3 is 6.09 Å². The van der Waals surface area contributed by atoms with Gasteiger partial charge in [0.2, 0.25) is 11.8 Å². The van der Waals surface area contributed by atoms with Crippen molar-refractivity contribution >= 4 is 17.9 Å². The molecule has 0 aliphatic heterocycles. The Labute approximate surface area is 193 Å². The van der Waals surface area contributed by atoms with Crippen LogP contribution in [0.3, 0.4) is 0 Å². The smallest absolute Gasteiger partial charge is 0.408 e. The third kappa shape index (κ3) is 9.28. The highest BCUT2D eigenvalue weighted by atomic mass is 16.6. The van der Waals surface area contributed by atoms with Gasteiger partial charge in [-0.2, -0.15) is 0 Å². The van der Waals surface area contributed by atoms with Crippen molar-refractivity contribution in [1.82, 2.24) is 15.5 Å². The lowest BCUT2D eigenvalue weighted by Crippen LogP contribution is -2.50. The molecule has 0 saturated heterocycles. The lowest BCUT2D eigenvalue weighted by molar-refractivity contribution is -0.142. The first-order valence-corrected chi connectivity index (χ1v) is 11.6. The van der Waals surface area contributed by atoms with Crippen molar-refractivity contribution < 1.29 is 19.1 Å². The number of nitrogens with zero attached hydrogens (tertiary/aromatic N) is 1. The van der Waals surface area contributed by atoms with E-state index in [0.717, 1.165) is 36.8 Å². The zero-order chi connectivity index (χ0) is 24.3. The first-order chi connectivity index (χ1) is 15.0. The number of alkyl carbamates (subject to hydrolysis) is 1. The Hall–Kier alpha value is -2.57. The quantitative estimate of drug-likeness (QED) is 0.494. The summed E-state index contributed by atoms with van der Waals surface area (Å²) in [7, 11) is 0. The van der Waals surface area contributed by atoms with E-state index in [9.17, 15) is 14.4 Å². The molecule has 0 bridgehead atoms. The number of ether oxygens (including phenoxy) is 1. The maximum Gasteiger partial charge on any atom is 0.408 e. The highest BCUT2D eigenvalue weighted by molar-refractivity contribution is 5.90. The second-order valence-corrected chi connectivity index (χ2v) is 9.25. The molecule has 1 aromatic rings. The summed E-state index contributed by atoms with van der Waals surface area (Å²) in [4.78, 5) is 39.9. The van der Waals surface area contributed by atoms with Gasteiger partial charge in [0.25, 0.3) is 0 Å². The van der Waals surface area contributed by atoms with Gasteiger partial charge in [0.15, 0.2) is 0 Å². The van der Waals surface area contributed by atoms with Gasteiger partial charge in [0.1, 0.15) is 18.2 Å². The first-order valence-electron chi connectivity index (χ1n) is 11.6. The molecule has 1 atom stereocenters. The van der Waals surface area contributed by atoms with E-state index < -0.39 is 17.7 Å². The fraction of sp³-hybridized carbons (Fsp3) is 0.640. The van der Waals surface area contributed by atoms with Gasteiger partial charge in [-0.1, -0.05) is 51.0 Å². The highest BCUT2D eigenvalue weighted by Crippen LogP contribution is 2.24. The van der Waals surface area contributed by atoms with Crippen LogP contribution < -0.4 is 10.6 Å².